The first-order chi connectivity index (χ1) is 30.7. The highest BCUT2D eigenvalue weighted by Crippen LogP contribution is 2.57. The van der Waals surface area contributed by atoms with Crippen LogP contribution in [0.4, 0.5) is 0 Å². The molecule has 14 nitrogen and oxygen atoms in total. The zero-order valence-electron chi connectivity index (χ0n) is 38.2. The van der Waals surface area contributed by atoms with Gasteiger partial charge in [0.2, 0.25) is 11.8 Å². The number of likely N-dealkylation sites (N-methyl/N-ethyl adjacent to an activating group) is 1. The number of methoxy groups -OCH3 is 1. The molecule has 14 heteroatoms. The number of hydrazine groups is 1. The highest BCUT2D eigenvalue weighted by molar-refractivity contribution is 5.97. The van der Waals surface area contributed by atoms with Crippen LogP contribution in [0.25, 0.3) is 33.3 Å². The van der Waals surface area contributed by atoms with Crippen molar-refractivity contribution in [1.29, 1.82) is 0 Å². The van der Waals surface area contributed by atoms with E-state index >= 15 is 0 Å². The molecule has 6 atom stereocenters. The number of aromatic nitrogens is 2. The molecule has 0 radical (unpaired) electrons. The van der Waals surface area contributed by atoms with E-state index in [4.69, 9.17) is 14.5 Å². The molecule has 9 rings (SSSR count). The average molecular weight is 874 g/mol. The molecule has 3 N–H and O–H groups in total. The minimum atomic E-state index is -1.10. The number of amides is 3. The Kier molecular flexibility index (Phi) is 11.8. The van der Waals surface area contributed by atoms with Crippen LogP contribution in [-0.2, 0) is 41.6 Å². The number of cyclic esters (lactones) is 1. The van der Waals surface area contributed by atoms with Crippen molar-refractivity contribution in [3.05, 3.63) is 71.5 Å². The lowest BCUT2D eigenvalue weighted by Crippen LogP contribution is -2.62. The van der Waals surface area contributed by atoms with Crippen LogP contribution in [0.15, 0.2) is 54.7 Å². The lowest BCUT2D eigenvalue weighted by Gasteiger charge is -2.42. The fraction of sp³-hybridized carbons (Fsp3) is 0.540. The lowest BCUT2D eigenvalue weighted by molar-refractivity contribution is -0.156. The first-order valence-corrected chi connectivity index (χ1v) is 23.2. The summed E-state index contributed by atoms with van der Waals surface area (Å²) in [4.78, 5) is 66.2. The number of rotatable bonds is 8. The number of likely N-dealkylation sites (tertiary alicyclic amines) is 1. The molecular weight excluding hydrogens is 811 g/mol. The fourth-order valence-corrected chi connectivity index (χ4v) is 11.2. The lowest BCUT2D eigenvalue weighted by atomic mass is 9.67. The molecule has 340 valence electrons. The molecule has 1 saturated carbocycles. The monoisotopic (exact) mass is 873 g/mol. The van der Waals surface area contributed by atoms with Crippen molar-refractivity contribution >= 4 is 34.6 Å². The van der Waals surface area contributed by atoms with Crippen molar-refractivity contribution in [2.45, 2.75) is 116 Å². The summed E-state index contributed by atoms with van der Waals surface area (Å²) in [5, 5.41) is 16.9. The number of phenolic OH excluding ortho intramolecular Hbond substituents is 1. The molecule has 6 bridgehead atoms. The van der Waals surface area contributed by atoms with Crippen LogP contribution in [0.2, 0.25) is 0 Å². The van der Waals surface area contributed by atoms with Gasteiger partial charge >= 0.3 is 5.97 Å². The topological polar surface area (TPSA) is 159 Å². The van der Waals surface area contributed by atoms with Crippen molar-refractivity contribution in [3.63, 3.8) is 0 Å². The summed E-state index contributed by atoms with van der Waals surface area (Å²) in [7, 11) is 3.40. The minimum Gasteiger partial charge on any atom is -0.508 e. The number of esters is 1. The summed E-state index contributed by atoms with van der Waals surface area (Å²) in [5.41, 5.74) is 9.73. The number of nitrogens with one attached hydrogen (secondary N) is 2. The van der Waals surface area contributed by atoms with Gasteiger partial charge in [-0.25, -0.2) is 5.43 Å². The number of nitrogens with zero attached hydrogens (tertiary/aromatic N) is 5. The quantitative estimate of drug-likeness (QED) is 0.181. The SMILES string of the molecule is CCn1c2c3c4cc(ccc41)-c1cc(O)cc(c1)C[C@H](NC(=O)[C@H](C(C)C)N(C)C(=O)[C@H]1CCN(C4CC4)C1)C(=O)N1CCC[C@H](N1)C(=O)OCC(C)(C)C3[C@H](OC)c1ncccc1-2. The fourth-order valence-electron chi connectivity index (χ4n) is 11.2. The van der Waals surface area contributed by atoms with E-state index in [-0.39, 0.29) is 42.4 Å². The van der Waals surface area contributed by atoms with Gasteiger partial charge in [0.05, 0.1) is 23.9 Å². The summed E-state index contributed by atoms with van der Waals surface area (Å²) < 4.78 is 14.9. The van der Waals surface area contributed by atoms with Gasteiger partial charge in [-0.3, -0.25) is 34.1 Å². The average Bonchev–Trinajstić information content (AvgIpc) is 3.92. The number of carbonyl (C=O) groups is 4. The number of carbonyl (C=O) groups excluding carboxylic acids is 4. The summed E-state index contributed by atoms with van der Waals surface area (Å²) in [6, 6.07) is 13.5. The molecule has 3 fully saturated rings. The normalized spacial score (nSPS) is 25.1. The van der Waals surface area contributed by atoms with Crippen LogP contribution in [0.1, 0.15) is 95.6 Å². The number of aromatic hydroxyl groups is 1. The van der Waals surface area contributed by atoms with Gasteiger partial charge in [0.1, 0.15) is 30.0 Å². The molecule has 2 aromatic carbocycles. The van der Waals surface area contributed by atoms with Gasteiger partial charge in [-0.05, 0) is 110 Å². The number of benzene rings is 2. The van der Waals surface area contributed by atoms with Crippen molar-refractivity contribution in [1.82, 2.24) is 35.1 Å². The van der Waals surface area contributed by atoms with E-state index in [1.54, 1.807) is 37.4 Å². The zero-order chi connectivity index (χ0) is 45.2. The Bertz CT molecular complexity index is 2480. The highest BCUT2D eigenvalue weighted by Gasteiger charge is 2.48. The third kappa shape index (κ3) is 7.95. The molecule has 5 aliphatic rings. The van der Waals surface area contributed by atoms with Crippen LogP contribution < -0.4 is 10.7 Å². The number of aryl methyl sites for hydroxylation is 1. The van der Waals surface area contributed by atoms with Crippen molar-refractivity contribution in [2.24, 2.45) is 17.3 Å². The van der Waals surface area contributed by atoms with Crippen LogP contribution in [0.3, 0.4) is 0 Å². The first kappa shape index (κ1) is 43.9. The van der Waals surface area contributed by atoms with Gasteiger partial charge in [-0.2, -0.15) is 0 Å². The van der Waals surface area contributed by atoms with Crippen LogP contribution in [0.5, 0.6) is 5.75 Å². The maximum absolute atomic E-state index is 14.8. The summed E-state index contributed by atoms with van der Waals surface area (Å²) >= 11 is 0. The molecule has 3 aliphatic heterocycles. The van der Waals surface area contributed by atoms with Gasteiger partial charge in [-0.15, -0.1) is 0 Å². The molecule has 0 spiro atoms. The number of hydrogen-bond acceptors (Lipinski definition) is 10. The predicted molar refractivity (Wildman–Crippen MR) is 243 cm³/mol. The predicted octanol–water partition coefficient (Wildman–Crippen LogP) is 5.95. The molecule has 3 amide bonds. The number of hydrogen-bond donors (Lipinski definition) is 3. The standard InChI is InChI=1S/C50H63N7O7/c1-8-56-39-16-13-30-25-36(39)40-41(45(63-7)42-35(44(40)56)11-9-18-51-42)50(4,5)27-64-49(62)37-12-10-19-57(53-37)48(61)38(23-29-21-32(30)24-34(58)22-29)52-46(59)43(28(2)3)54(6)47(60)31-17-20-55(26-31)33-14-15-33/h9,11,13,16,18,21-22,24-25,28,31,33,37-38,41,43,45,53,58H,8,10,12,14-15,17,19-20,23,26-27H2,1-7H3,(H,52,59)/t31-,37-,38-,41?,43-,45-/m0/s1. The molecular formula is C50H63N7O7. The van der Waals surface area contributed by atoms with Crippen molar-refractivity contribution in [3.8, 4) is 28.1 Å². The summed E-state index contributed by atoms with van der Waals surface area (Å²) in [6.45, 7) is 12.8. The third-order valence-electron chi connectivity index (χ3n) is 14.5. The van der Waals surface area contributed by atoms with Crippen LogP contribution >= 0.6 is 0 Å². The Morgan fingerprint density at radius 1 is 1.06 bits per heavy atom. The first-order valence-electron chi connectivity index (χ1n) is 23.2. The Hall–Kier alpha value is -5.31. The van der Waals surface area contributed by atoms with Crippen LogP contribution in [-0.4, -0.2) is 118 Å². The zero-order valence-corrected chi connectivity index (χ0v) is 38.2. The second kappa shape index (κ2) is 17.2. The number of ether oxygens (including phenoxy) is 2. The smallest absolute Gasteiger partial charge is 0.324 e. The van der Waals surface area contributed by atoms with E-state index in [1.807, 2.05) is 32.0 Å². The Morgan fingerprint density at radius 2 is 1.86 bits per heavy atom. The van der Waals surface area contributed by atoms with Crippen molar-refractivity contribution < 1.29 is 33.8 Å². The van der Waals surface area contributed by atoms with E-state index in [9.17, 15) is 24.3 Å². The molecule has 5 heterocycles. The van der Waals surface area contributed by atoms with E-state index in [1.165, 1.54) is 17.9 Å². The Morgan fingerprint density at radius 3 is 2.59 bits per heavy atom. The maximum Gasteiger partial charge on any atom is 0.324 e. The number of phenols is 1. The number of fused-ring (bicyclic) bond motifs is 8. The summed E-state index contributed by atoms with van der Waals surface area (Å²) in [5.74, 6) is -2.10. The van der Waals surface area contributed by atoms with Gasteiger partial charge in [0.25, 0.3) is 5.91 Å². The second-order valence-electron chi connectivity index (χ2n) is 19.7. The largest absolute Gasteiger partial charge is 0.508 e. The molecule has 64 heavy (non-hydrogen) atoms. The second-order valence-corrected chi connectivity index (χ2v) is 19.7. The minimum absolute atomic E-state index is 0.0206. The highest BCUT2D eigenvalue weighted by atomic mass is 16.5. The van der Waals surface area contributed by atoms with Gasteiger partial charge in [0.15, 0.2) is 0 Å². The van der Waals surface area contributed by atoms with E-state index in [2.05, 4.69) is 59.2 Å². The van der Waals surface area contributed by atoms with Crippen molar-refractivity contribution in [2.75, 3.05) is 40.4 Å². The third-order valence-corrected chi connectivity index (χ3v) is 14.5. The van der Waals surface area contributed by atoms with E-state index < -0.39 is 47.4 Å². The molecule has 4 aromatic rings. The van der Waals surface area contributed by atoms with E-state index in [0.29, 0.717) is 44.1 Å². The Balaban J connectivity index is 1.12. The van der Waals surface area contributed by atoms with E-state index in [0.717, 1.165) is 57.5 Å². The van der Waals surface area contributed by atoms with Gasteiger partial charge < -0.3 is 29.4 Å². The molecule has 1 unspecified atom stereocenters. The van der Waals surface area contributed by atoms with Crippen LogP contribution in [0, 0.1) is 17.3 Å². The Labute approximate surface area is 375 Å². The molecule has 2 aromatic heterocycles. The summed E-state index contributed by atoms with van der Waals surface area (Å²) in [6.07, 6.45) is 5.47. The maximum atomic E-state index is 14.8. The molecule has 2 aliphatic carbocycles. The molecule has 2 saturated heterocycles. The van der Waals surface area contributed by atoms with Gasteiger partial charge in [0, 0.05) is 80.3 Å². The van der Waals surface area contributed by atoms with Gasteiger partial charge in [-0.1, -0.05) is 39.8 Å². The number of pyridine rings is 1.